The van der Waals surface area contributed by atoms with Crippen LogP contribution in [0.4, 0.5) is 0 Å². The molecule has 0 unspecified atom stereocenters. The molecule has 0 fully saturated rings. The number of rotatable bonds is 5. The van der Waals surface area contributed by atoms with Gasteiger partial charge in [0.05, 0.1) is 23.0 Å². The maximum absolute atomic E-state index is 12.5. The molecule has 0 bridgehead atoms. The Morgan fingerprint density at radius 3 is 2.50 bits per heavy atom. The highest BCUT2D eigenvalue weighted by atomic mass is 32.2. The summed E-state index contributed by atoms with van der Waals surface area (Å²) < 4.78 is 29.5. The van der Waals surface area contributed by atoms with E-state index in [-0.39, 0.29) is 11.4 Å². The van der Waals surface area contributed by atoms with Crippen LogP contribution >= 0.6 is 0 Å². The van der Waals surface area contributed by atoms with Crippen LogP contribution < -0.4 is 4.72 Å². The molecule has 1 N–H and O–H groups in total. The van der Waals surface area contributed by atoms with E-state index >= 15 is 0 Å². The van der Waals surface area contributed by atoms with Crippen molar-refractivity contribution in [1.82, 2.24) is 19.1 Å². The van der Waals surface area contributed by atoms with E-state index < -0.39 is 10.0 Å². The van der Waals surface area contributed by atoms with Crippen LogP contribution in [0.2, 0.25) is 0 Å². The van der Waals surface area contributed by atoms with Gasteiger partial charge in [0, 0.05) is 24.5 Å². The van der Waals surface area contributed by atoms with Gasteiger partial charge in [-0.25, -0.2) is 18.1 Å². The molecule has 0 atom stereocenters. The molecule has 0 amide bonds. The highest BCUT2D eigenvalue weighted by Gasteiger charge is 2.14. The van der Waals surface area contributed by atoms with Crippen molar-refractivity contribution in [2.75, 3.05) is 0 Å². The Kier molecular flexibility index (Phi) is 4.24. The summed E-state index contributed by atoms with van der Waals surface area (Å²) in [5.74, 6) is 0. The fraction of sp³-hybridized carbons (Fsp3) is 0.0526. The van der Waals surface area contributed by atoms with Crippen molar-refractivity contribution in [3.8, 4) is 11.3 Å². The smallest absolute Gasteiger partial charge is 0.240 e. The van der Waals surface area contributed by atoms with Crippen LogP contribution in [0.3, 0.4) is 0 Å². The highest BCUT2D eigenvalue weighted by Crippen LogP contribution is 2.22. The number of aromatic nitrogens is 3. The van der Waals surface area contributed by atoms with E-state index in [1.807, 2.05) is 40.9 Å². The fourth-order valence-electron chi connectivity index (χ4n) is 2.72. The van der Waals surface area contributed by atoms with Crippen LogP contribution in [0.5, 0.6) is 0 Å². The lowest BCUT2D eigenvalue weighted by molar-refractivity contribution is 0.581. The Morgan fingerprint density at radius 1 is 0.962 bits per heavy atom. The number of benzene rings is 2. The van der Waals surface area contributed by atoms with Gasteiger partial charge in [-0.05, 0) is 17.7 Å². The van der Waals surface area contributed by atoms with Gasteiger partial charge in [-0.1, -0.05) is 42.5 Å². The van der Waals surface area contributed by atoms with Gasteiger partial charge in [0.15, 0.2) is 5.65 Å². The summed E-state index contributed by atoms with van der Waals surface area (Å²) in [6, 6.07) is 16.2. The van der Waals surface area contributed by atoms with Crippen molar-refractivity contribution in [2.45, 2.75) is 11.4 Å². The van der Waals surface area contributed by atoms with Crippen LogP contribution in [-0.2, 0) is 16.6 Å². The normalized spacial score (nSPS) is 11.7. The van der Waals surface area contributed by atoms with Gasteiger partial charge in [-0.15, -0.1) is 0 Å². The quantitative estimate of drug-likeness (QED) is 0.591. The molecular formula is C19H16N4O2S. The molecule has 0 radical (unpaired) electrons. The predicted molar refractivity (Wildman–Crippen MR) is 98.9 cm³/mol. The van der Waals surface area contributed by atoms with Gasteiger partial charge in [-0.2, -0.15) is 0 Å². The van der Waals surface area contributed by atoms with Crippen LogP contribution in [0, 0.1) is 0 Å². The average Bonchev–Trinajstić information content (AvgIpc) is 3.12. The van der Waals surface area contributed by atoms with Crippen LogP contribution in [-0.4, -0.2) is 22.8 Å². The number of nitrogens with zero attached hydrogens (tertiary/aromatic N) is 3. The molecule has 2 aromatic heterocycles. The predicted octanol–water partition coefficient (Wildman–Crippen LogP) is 2.87. The van der Waals surface area contributed by atoms with Crippen molar-refractivity contribution in [1.29, 1.82) is 0 Å². The number of fused-ring (bicyclic) bond motifs is 1. The molecule has 0 spiro atoms. The van der Waals surface area contributed by atoms with Gasteiger partial charge in [0.1, 0.15) is 0 Å². The van der Waals surface area contributed by atoms with E-state index in [2.05, 4.69) is 14.7 Å². The van der Waals surface area contributed by atoms with E-state index in [1.54, 1.807) is 42.9 Å². The zero-order chi connectivity index (χ0) is 18.0. The van der Waals surface area contributed by atoms with Gasteiger partial charge < -0.3 is 0 Å². The van der Waals surface area contributed by atoms with E-state index in [0.717, 1.165) is 22.5 Å². The fourth-order valence-corrected chi connectivity index (χ4v) is 3.74. The number of hydrogen-bond donors (Lipinski definition) is 1. The second kappa shape index (κ2) is 6.70. The summed E-state index contributed by atoms with van der Waals surface area (Å²) in [4.78, 5) is 8.57. The number of hydrogen-bond acceptors (Lipinski definition) is 4. The molecule has 6 nitrogen and oxygen atoms in total. The first kappa shape index (κ1) is 16.4. The van der Waals surface area contributed by atoms with E-state index in [1.165, 1.54) is 0 Å². The first-order valence-corrected chi connectivity index (χ1v) is 9.53. The van der Waals surface area contributed by atoms with Crippen molar-refractivity contribution in [3.05, 3.63) is 84.9 Å². The first-order chi connectivity index (χ1) is 12.6. The molecule has 4 aromatic rings. The third kappa shape index (κ3) is 3.22. The van der Waals surface area contributed by atoms with Crippen molar-refractivity contribution in [2.24, 2.45) is 0 Å². The SMILES string of the molecule is O=S(=O)(NCc1ccccc1)c1ccc(-c2cnc3cnccn23)cc1. The van der Waals surface area contributed by atoms with E-state index in [9.17, 15) is 8.42 Å². The first-order valence-electron chi connectivity index (χ1n) is 8.05. The van der Waals surface area contributed by atoms with Gasteiger partial charge in [-0.3, -0.25) is 9.38 Å². The molecule has 2 heterocycles. The average molecular weight is 364 g/mol. The molecule has 26 heavy (non-hydrogen) atoms. The summed E-state index contributed by atoms with van der Waals surface area (Å²) >= 11 is 0. The molecule has 0 aliphatic carbocycles. The Hall–Kier alpha value is -3.03. The summed E-state index contributed by atoms with van der Waals surface area (Å²) in [6.45, 7) is 0.255. The minimum absolute atomic E-state index is 0.229. The lowest BCUT2D eigenvalue weighted by atomic mass is 10.2. The highest BCUT2D eigenvalue weighted by molar-refractivity contribution is 7.89. The molecule has 4 rings (SSSR count). The number of imidazole rings is 1. The summed E-state index contributed by atoms with van der Waals surface area (Å²) in [6.07, 6.45) is 6.93. The van der Waals surface area contributed by atoms with Gasteiger partial charge in [0.2, 0.25) is 10.0 Å². The topological polar surface area (TPSA) is 76.4 Å². The zero-order valence-corrected chi connectivity index (χ0v) is 14.6. The summed E-state index contributed by atoms with van der Waals surface area (Å²) in [7, 11) is -3.57. The van der Waals surface area contributed by atoms with Crippen molar-refractivity contribution < 1.29 is 8.42 Å². The molecule has 2 aromatic carbocycles. The summed E-state index contributed by atoms with van der Waals surface area (Å²) in [5, 5.41) is 0. The number of nitrogens with one attached hydrogen (secondary N) is 1. The molecule has 0 aliphatic rings. The van der Waals surface area contributed by atoms with Crippen molar-refractivity contribution in [3.63, 3.8) is 0 Å². The monoisotopic (exact) mass is 364 g/mol. The molecule has 0 aliphatic heterocycles. The van der Waals surface area contributed by atoms with Crippen LogP contribution in [0.1, 0.15) is 5.56 Å². The van der Waals surface area contributed by atoms with E-state index in [4.69, 9.17) is 0 Å². The molecule has 130 valence electrons. The number of sulfonamides is 1. The Morgan fingerprint density at radius 2 is 1.73 bits per heavy atom. The Balaban J connectivity index is 1.57. The third-order valence-corrected chi connectivity index (χ3v) is 5.50. The van der Waals surface area contributed by atoms with Gasteiger partial charge >= 0.3 is 0 Å². The van der Waals surface area contributed by atoms with E-state index in [0.29, 0.717) is 0 Å². The second-order valence-corrected chi connectivity index (χ2v) is 7.55. The minimum atomic E-state index is -3.57. The largest absolute Gasteiger partial charge is 0.297 e. The maximum Gasteiger partial charge on any atom is 0.240 e. The van der Waals surface area contributed by atoms with Crippen molar-refractivity contribution >= 4 is 15.7 Å². The zero-order valence-electron chi connectivity index (χ0n) is 13.8. The standard InChI is InChI=1S/C19H16N4O2S/c24-26(25,22-12-15-4-2-1-3-5-15)17-8-6-16(7-9-17)18-13-21-19-14-20-10-11-23(18)19/h1-11,13-14,22H,12H2. The lowest BCUT2D eigenvalue weighted by Gasteiger charge is -2.08. The molecular weight excluding hydrogens is 348 g/mol. The maximum atomic E-state index is 12.5. The Bertz CT molecular complexity index is 1140. The molecule has 0 saturated carbocycles. The molecule has 7 heteroatoms. The Labute approximate surface area is 151 Å². The minimum Gasteiger partial charge on any atom is -0.297 e. The summed E-state index contributed by atoms with van der Waals surface area (Å²) in [5.41, 5.74) is 3.41. The molecule has 0 saturated heterocycles. The second-order valence-electron chi connectivity index (χ2n) is 5.78. The lowest BCUT2D eigenvalue weighted by Crippen LogP contribution is -2.23. The van der Waals surface area contributed by atoms with Crippen LogP contribution in [0.15, 0.2) is 84.3 Å². The third-order valence-electron chi connectivity index (χ3n) is 4.09. The van der Waals surface area contributed by atoms with Gasteiger partial charge in [0.25, 0.3) is 0 Å². The van der Waals surface area contributed by atoms with Crippen LogP contribution in [0.25, 0.3) is 16.9 Å².